The van der Waals surface area contributed by atoms with Crippen LogP contribution in [0.25, 0.3) is 39.5 Å². The summed E-state index contributed by atoms with van der Waals surface area (Å²) in [6.45, 7) is 0. The van der Waals surface area contributed by atoms with Crippen LogP contribution in [0.2, 0.25) is 0 Å². The number of nitro groups is 1. The fraction of sp³-hybridized carbons (Fsp3) is 0.103. The second kappa shape index (κ2) is 10.6. The Bertz CT molecular complexity index is 1320. The van der Waals surface area contributed by atoms with E-state index >= 15 is 0 Å². The van der Waals surface area contributed by atoms with E-state index in [4.69, 9.17) is 14.2 Å². The number of hydrogen-bond donors (Lipinski definition) is 0. The Morgan fingerprint density at radius 2 is 1.03 bits per heavy atom. The SMILES string of the molecule is COc1ccccc1-c1cc(/C=C/[N+](=O)[O-])cc(-c2ccccc2OC)c1-c1ccccc1OC. The molecule has 0 aliphatic rings. The van der Waals surface area contributed by atoms with E-state index in [0.29, 0.717) is 22.8 Å². The molecule has 0 atom stereocenters. The van der Waals surface area contributed by atoms with Gasteiger partial charge in [-0.05, 0) is 47.0 Å². The Balaban J connectivity index is 2.18. The van der Waals surface area contributed by atoms with Gasteiger partial charge in [-0.2, -0.15) is 0 Å². The van der Waals surface area contributed by atoms with Gasteiger partial charge < -0.3 is 14.2 Å². The number of methoxy groups -OCH3 is 3. The normalized spacial score (nSPS) is 10.8. The number of ether oxygens (including phenoxy) is 3. The van der Waals surface area contributed by atoms with Crippen LogP contribution in [0, 0.1) is 10.1 Å². The van der Waals surface area contributed by atoms with Gasteiger partial charge in [0.1, 0.15) is 17.2 Å². The van der Waals surface area contributed by atoms with Gasteiger partial charge in [-0.15, -0.1) is 0 Å². The van der Waals surface area contributed by atoms with E-state index in [2.05, 4.69) is 0 Å². The molecule has 0 bridgehead atoms. The Labute approximate surface area is 204 Å². The van der Waals surface area contributed by atoms with Gasteiger partial charge in [0.05, 0.1) is 26.3 Å². The number of hydrogen-bond acceptors (Lipinski definition) is 5. The molecular formula is C29H25NO5. The van der Waals surface area contributed by atoms with Crippen LogP contribution in [0.1, 0.15) is 5.56 Å². The van der Waals surface area contributed by atoms with Crippen molar-refractivity contribution in [3.63, 3.8) is 0 Å². The van der Waals surface area contributed by atoms with Crippen LogP contribution >= 0.6 is 0 Å². The highest BCUT2D eigenvalue weighted by Gasteiger charge is 2.22. The molecule has 0 aliphatic carbocycles. The first-order chi connectivity index (χ1) is 17.1. The standard InChI is InChI=1S/C29H25NO5/c1-33-26-13-7-4-10-21(26)24-18-20(16-17-30(31)32)19-25(22-11-5-8-14-27(22)34-2)29(24)23-12-6-9-15-28(23)35-3/h4-19H,1-3H3/b17-16+. The molecule has 0 saturated heterocycles. The highest BCUT2D eigenvalue weighted by molar-refractivity contribution is 5.99. The molecule has 0 amide bonds. The molecule has 0 unspecified atom stereocenters. The number of rotatable bonds is 8. The largest absolute Gasteiger partial charge is 0.496 e. The van der Waals surface area contributed by atoms with E-state index in [0.717, 1.165) is 39.6 Å². The van der Waals surface area contributed by atoms with E-state index < -0.39 is 4.92 Å². The van der Waals surface area contributed by atoms with E-state index in [-0.39, 0.29) is 0 Å². The van der Waals surface area contributed by atoms with Crippen molar-refractivity contribution in [1.82, 2.24) is 0 Å². The molecule has 4 aromatic rings. The Morgan fingerprint density at radius 3 is 1.46 bits per heavy atom. The highest BCUT2D eigenvalue weighted by atomic mass is 16.6. The lowest BCUT2D eigenvalue weighted by Crippen LogP contribution is -1.98. The van der Waals surface area contributed by atoms with Crippen molar-refractivity contribution in [2.24, 2.45) is 0 Å². The Hall–Kier alpha value is -4.58. The summed E-state index contributed by atoms with van der Waals surface area (Å²) in [6, 6.07) is 27.1. The maximum Gasteiger partial charge on any atom is 0.235 e. The van der Waals surface area contributed by atoms with Crippen LogP contribution in [0.5, 0.6) is 17.2 Å². The molecule has 0 radical (unpaired) electrons. The zero-order valence-corrected chi connectivity index (χ0v) is 19.7. The van der Waals surface area contributed by atoms with Gasteiger partial charge in [0.2, 0.25) is 6.20 Å². The molecule has 6 nitrogen and oxygen atoms in total. The maximum absolute atomic E-state index is 11.1. The monoisotopic (exact) mass is 467 g/mol. The topological polar surface area (TPSA) is 70.8 Å². The van der Waals surface area contributed by atoms with Crippen molar-refractivity contribution in [2.45, 2.75) is 0 Å². The molecule has 0 fully saturated rings. The van der Waals surface area contributed by atoms with E-state index in [1.165, 1.54) is 6.08 Å². The fourth-order valence-electron chi connectivity index (χ4n) is 4.21. The molecule has 0 saturated carbocycles. The minimum atomic E-state index is -0.473. The lowest BCUT2D eigenvalue weighted by Gasteiger charge is -2.21. The summed E-state index contributed by atoms with van der Waals surface area (Å²) in [6.07, 6.45) is 2.43. The number of para-hydroxylation sites is 3. The highest BCUT2D eigenvalue weighted by Crippen LogP contribution is 2.48. The van der Waals surface area contributed by atoms with E-state index in [1.807, 2.05) is 84.9 Å². The maximum atomic E-state index is 11.1. The van der Waals surface area contributed by atoms with Gasteiger partial charge >= 0.3 is 0 Å². The second-order valence-electron chi connectivity index (χ2n) is 7.69. The van der Waals surface area contributed by atoms with Gasteiger partial charge in [0.15, 0.2) is 0 Å². The summed E-state index contributed by atoms with van der Waals surface area (Å²) in [5, 5.41) is 11.1. The third-order valence-electron chi connectivity index (χ3n) is 5.72. The summed E-state index contributed by atoms with van der Waals surface area (Å²) in [5.74, 6) is 2.07. The molecule has 0 aliphatic heterocycles. The molecule has 4 rings (SSSR count). The molecule has 0 heterocycles. The van der Waals surface area contributed by atoms with Gasteiger partial charge in [0.25, 0.3) is 0 Å². The quantitative estimate of drug-likeness (QED) is 0.207. The van der Waals surface area contributed by atoms with Crippen molar-refractivity contribution in [1.29, 1.82) is 0 Å². The van der Waals surface area contributed by atoms with E-state index in [1.54, 1.807) is 21.3 Å². The van der Waals surface area contributed by atoms with Crippen LogP contribution in [-0.4, -0.2) is 26.3 Å². The molecule has 0 aromatic heterocycles. The lowest BCUT2D eigenvalue weighted by atomic mass is 9.85. The summed E-state index contributed by atoms with van der Waals surface area (Å²) in [5.41, 5.74) is 5.84. The second-order valence-corrected chi connectivity index (χ2v) is 7.69. The molecule has 176 valence electrons. The van der Waals surface area contributed by atoms with Crippen LogP contribution in [0.4, 0.5) is 0 Å². The smallest absolute Gasteiger partial charge is 0.235 e. The third-order valence-corrected chi connectivity index (χ3v) is 5.72. The lowest BCUT2D eigenvalue weighted by molar-refractivity contribution is -0.400. The first kappa shape index (κ1) is 23.6. The van der Waals surface area contributed by atoms with Gasteiger partial charge in [-0.1, -0.05) is 54.6 Å². The predicted molar refractivity (Wildman–Crippen MR) is 138 cm³/mol. The number of benzene rings is 4. The predicted octanol–water partition coefficient (Wildman–Crippen LogP) is 6.96. The average molecular weight is 468 g/mol. The van der Waals surface area contributed by atoms with Crippen LogP contribution in [0.15, 0.2) is 91.1 Å². The van der Waals surface area contributed by atoms with Crippen molar-refractivity contribution in [2.75, 3.05) is 21.3 Å². The van der Waals surface area contributed by atoms with Crippen molar-refractivity contribution in [3.8, 4) is 50.6 Å². The van der Waals surface area contributed by atoms with Gasteiger partial charge in [0, 0.05) is 28.3 Å². The third kappa shape index (κ3) is 4.87. The first-order valence-corrected chi connectivity index (χ1v) is 11.0. The zero-order chi connectivity index (χ0) is 24.8. The van der Waals surface area contributed by atoms with Crippen LogP contribution in [0.3, 0.4) is 0 Å². The summed E-state index contributed by atoms with van der Waals surface area (Å²) in [4.78, 5) is 10.6. The van der Waals surface area contributed by atoms with Crippen molar-refractivity contribution in [3.05, 3.63) is 107 Å². The molecular weight excluding hydrogens is 442 g/mol. The zero-order valence-electron chi connectivity index (χ0n) is 19.7. The van der Waals surface area contributed by atoms with Gasteiger partial charge in [-0.25, -0.2) is 0 Å². The fourth-order valence-corrected chi connectivity index (χ4v) is 4.21. The molecule has 0 spiro atoms. The average Bonchev–Trinajstić information content (AvgIpc) is 2.91. The van der Waals surface area contributed by atoms with E-state index in [9.17, 15) is 10.1 Å². The molecule has 4 aromatic carbocycles. The Morgan fingerprint density at radius 1 is 0.629 bits per heavy atom. The van der Waals surface area contributed by atoms with Crippen LogP contribution in [-0.2, 0) is 0 Å². The molecule has 6 heteroatoms. The van der Waals surface area contributed by atoms with Crippen molar-refractivity contribution < 1.29 is 19.1 Å². The number of nitrogens with zero attached hydrogens (tertiary/aromatic N) is 1. The van der Waals surface area contributed by atoms with Gasteiger partial charge in [-0.3, -0.25) is 10.1 Å². The summed E-state index contributed by atoms with van der Waals surface area (Å²) in [7, 11) is 4.89. The van der Waals surface area contributed by atoms with Crippen LogP contribution < -0.4 is 14.2 Å². The summed E-state index contributed by atoms with van der Waals surface area (Å²) < 4.78 is 17.1. The minimum absolute atomic E-state index is 0.473. The first-order valence-electron chi connectivity index (χ1n) is 11.0. The minimum Gasteiger partial charge on any atom is -0.496 e. The summed E-state index contributed by atoms with van der Waals surface area (Å²) >= 11 is 0. The Kier molecular flexibility index (Phi) is 7.12. The molecule has 35 heavy (non-hydrogen) atoms. The van der Waals surface area contributed by atoms with Crippen molar-refractivity contribution >= 4 is 6.08 Å². The molecule has 0 N–H and O–H groups in total.